The summed E-state index contributed by atoms with van der Waals surface area (Å²) in [6, 6.07) is 12.2. The van der Waals surface area contributed by atoms with Crippen LogP contribution in [0.5, 0.6) is 5.75 Å². The molecule has 0 bridgehead atoms. The number of aryl methyl sites for hydroxylation is 2. The largest absolute Gasteiger partial charge is 0.494 e. The molecule has 0 N–H and O–H groups in total. The van der Waals surface area contributed by atoms with Gasteiger partial charge in [0.25, 0.3) is 10.0 Å². The highest BCUT2D eigenvalue weighted by Gasteiger charge is 2.33. The molecule has 9 heteroatoms. The summed E-state index contributed by atoms with van der Waals surface area (Å²) < 4.78 is 54.7. The van der Waals surface area contributed by atoms with Gasteiger partial charge >= 0.3 is 6.09 Å². The molecule has 3 rings (SSSR count). The molecule has 1 fully saturated rings. The molecule has 7 nitrogen and oxygen atoms in total. The molecule has 1 aliphatic heterocycles. The lowest BCUT2D eigenvalue weighted by molar-refractivity contribution is 0.00356. The Morgan fingerprint density at radius 3 is 2.36 bits per heavy atom. The van der Waals surface area contributed by atoms with Crippen molar-refractivity contribution in [2.75, 3.05) is 30.5 Å². The number of likely N-dealkylation sites (tertiary alicyclic amines) is 1. The van der Waals surface area contributed by atoms with E-state index in [4.69, 9.17) is 9.47 Å². The number of sulfonamides is 1. The van der Waals surface area contributed by atoms with Crippen LogP contribution in [-0.2, 0) is 14.8 Å². The van der Waals surface area contributed by atoms with Crippen molar-refractivity contribution >= 4 is 21.8 Å². The third-order valence-corrected chi connectivity index (χ3v) is 8.44. The monoisotopic (exact) mass is 562 g/mol. The second-order valence-electron chi connectivity index (χ2n) is 11.8. The van der Waals surface area contributed by atoms with Crippen LogP contribution < -0.4 is 9.04 Å². The Morgan fingerprint density at radius 2 is 1.79 bits per heavy atom. The number of anilines is 1. The van der Waals surface area contributed by atoms with E-state index in [-0.39, 0.29) is 23.3 Å². The van der Waals surface area contributed by atoms with Gasteiger partial charge in [0.2, 0.25) is 0 Å². The molecule has 1 heterocycles. The van der Waals surface area contributed by atoms with E-state index in [0.29, 0.717) is 44.0 Å². The van der Waals surface area contributed by atoms with Crippen molar-refractivity contribution in [3.8, 4) is 5.75 Å². The fraction of sp³-hybridized carbons (Fsp3) is 0.567. The minimum absolute atomic E-state index is 0.0134. The molecule has 1 aliphatic rings. The third kappa shape index (κ3) is 8.34. The summed E-state index contributed by atoms with van der Waals surface area (Å²) in [5.41, 5.74) is 2.04. The minimum atomic E-state index is -3.78. The Morgan fingerprint density at radius 1 is 1.13 bits per heavy atom. The van der Waals surface area contributed by atoms with Crippen LogP contribution in [0.15, 0.2) is 47.4 Å². The van der Waals surface area contributed by atoms with Gasteiger partial charge in [0, 0.05) is 13.1 Å². The molecular weight excluding hydrogens is 519 g/mol. The summed E-state index contributed by atoms with van der Waals surface area (Å²) in [4.78, 5) is 13.8. The maximum atomic E-state index is 14.8. The van der Waals surface area contributed by atoms with Crippen LogP contribution in [0.2, 0.25) is 0 Å². The first-order valence-corrected chi connectivity index (χ1v) is 15.1. The van der Waals surface area contributed by atoms with E-state index in [0.717, 1.165) is 11.1 Å². The zero-order valence-electron chi connectivity index (χ0n) is 24.2. The van der Waals surface area contributed by atoms with Gasteiger partial charge in [-0.05, 0) is 95.2 Å². The summed E-state index contributed by atoms with van der Waals surface area (Å²) >= 11 is 0. The number of rotatable bonds is 9. The molecule has 2 aromatic carbocycles. The molecule has 1 amide bonds. The van der Waals surface area contributed by atoms with Crippen LogP contribution in [-0.4, -0.2) is 57.4 Å². The van der Waals surface area contributed by atoms with E-state index in [1.54, 1.807) is 45.0 Å². The standard InChI is InChI=1S/C30H43FN2O5S/c1-21(2)19-33(28-13-8-22(3)18-23(28)4)39(35,36)26-11-9-25(10-12-26)37-17-15-24-14-16-32(20-27(24)31)29(34)38-30(5,6)7/h8-13,18,21,24,27H,14-17,19-20H2,1-7H3. The smallest absolute Gasteiger partial charge is 0.410 e. The molecule has 2 unspecified atom stereocenters. The number of alkyl halides is 1. The fourth-order valence-electron chi connectivity index (χ4n) is 4.68. The lowest BCUT2D eigenvalue weighted by Gasteiger charge is -2.35. The number of halogens is 1. The van der Waals surface area contributed by atoms with Gasteiger partial charge in [0.05, 0.1) is 23.7 Å². The third-order valence-electron chi connectivity index (χ3n) is 6.65. The Balaban J connectivity index is 1.60. The highest BCUT2D eigenvalue weighted by molar-refractivity contribution is 7.92. The highest BCUT2D eigenvalue weighted by Crippen LogP contribution is 2.30. The molecule has 0 saturated carbocycles. The molecular formula is C30H43FN2O5S. The Bertz CT molecular complexity index is 1220. The van der Waals surface area contributed by atoms with Gasteiger partial charge in [-0.25, -0.2) is 17.6 Å². The summed E-state index contributed by atoms with van der Waals surface area (Å²) in [5.74, 6) is 0.446. The topological polar surface area (TPSA) is 76.2 Å². The SMILES string of the molecule is Cc1ccc(N(CC(C)C)S(=O)(=O)c2ccc(OCCC3CCN(C(=O)OC(C)(C)C)CC3F)cc2)c(C)c1. The van der Waals surface area contributed by atoms with E-state index < -0.39 is 27.9 Å². The van der Waals surface area contributed by atoms with Crippen LogP contribution in [0.4, 0.5) is 14.9 Å². The van der Waals surface area contributed by atoms with Gasteiger partial charge in [-0.15, -0.1) is 0 Å². The maximum absolute atomic E-state index is 14.8. The van der Waals surface area contributed by atoms with E-state index in [2.05, 4.69) is 0 Å². The van der Waals surface area contributed by atoms with Gasteiger partial charge in [-0.2, -0.15) is 0 Å². The van der Waals surface area contributed by atoms with Gasteiger partial charge in [0.1, 0.15) is 17.5 Å². The molecule has 0 spiro atoms. The van der Waals surface area contributed by atoms with Crippen LogP contribution in [0.25, 0.3) is 0 Å². The Labute approximate surface area is 233 Å². The molecule has 2 aromatic rings. The highest BCUT2D eigenvalue weighted by atomic mass is 32.2. The van der Waals surface area contributed by atoms with Crippen LogP contribution in [0.3, 0.4) is 0 Å². The van der Waals surface area contributed by atoms with Gasteiger partial charge in [-0.3, -0.25) is 4.31 Å². The van der Waals surface area contributed by atoms with Crippen molar-refractivity contribution in [1.29, 1.82) is 0 Å². The van der Waals surface area contributed by atoms with Gasteiger partial charge in [0.15, 0.2) is 0 Å². The van der Waals surface area contributed by atoms with Crippen molar-refractivity contribution in [1.82, 2.24) is 4.90 Å². The molecule has 0 radical (unpaired) electrons. The molecule has 216 valence electrons. The number of carbonyl (C=O) groups is 1. The Hall–Kier alpha value is -2.81. The molecule has 2 atom stereocenters. The van der Waals surface area contributed by atoms with Gasteiger partial charge in [-0.1, -0.05) is 31.5 Å². The second kappa shape index (κ2) is 12.6. The number of hydrogen-bond acceptors (Lipinski definition) is 5. The summed E-state index contributed by atoms with van der Waals surface area (Å²) in [6.07, 6.45) is -0.609. The molecule has 39 heavy (non-hydrogen) atoms. The first kappa shape index (κ1) is 30.7. The number of carbonyl (C=O) groups excluding carboxylic acids is 1. The number of hydrogen-bond donors (Lipinski definition) is 0. The predicted molar refractivity (Wildman–Crippen MR) is 153 cm³/mol. The molecule has 1 saturated heterocycles. The first-order valence-electron chi connectivity index (χ1n) is 13.6. The van der Waals surface area contributed by atoms with Crippen molar-refractivity contribution in [3.05, 3.63) is 53.6 Å². The Kier molecular flexibility index (Phi) is 9.91. The van der Waals surface area contributed by atoms with E-state index >= 15 is 0 Å². The van der Waals surface area contributed by atoms with Crippen molar-refractivity contribution in [3.63, 3.8) is 0 Å². The number of nitrogens with zero attached hydrogens (tertiary/aromatic N) is 2. The summed E-state index contributed by atoms with van der Waals surface area (Å²) in [5, 5.41) is 0. The average molecular weight is 563 g/mol. The predicted octanol–water partition coefficient (Wildman–Crippen LogP) is 6.52. The van der Waals surface area contributed by atoms with Crippen LogP contribution >= 0.6 is 0 Å². The number of amides is 1. The molecule has 0 aliphatic carbocycles. The fourth-order valence-corrected chi connectivity index (χ4v) is 6.37. The second-order valence-corrected chi connectivity index (χ2v) is 13.7. The lowest BCUT2D eigenvalue weighted by Crippen LogP contribution is -2.47. The number of piperidine rings is 1. The quantitative estimate of drug-likeness (QED) is 0.348. The lowest BCUT2D eigenvalue weighted by atomic mass is 9.92. The number of ether oxygens (including phenoxy) is 2. The van der Waals surface area contributed by atoms with Crippen LogP contribution in [0, 0.1) is 25.7 Å². The summed E-state index contributed by atoms with van der Waals surface area (Å²) in [7, 11) is -3.78. The maximum Gasteiger partial charge on any atom is 0.410 e. The van der Waals surface area contributed by atoms with Crippen molar-refractivity contribution in [2.45, 2.75) is 78.0 Å². The zero-order valence-corrected chi connectivity index (χ0v) is 25.1. The van der Waals surface area contributed by atoms with E-state index in [9.17, 15) is 17.6 Å². The van der Waals surface area contributed by atoms with Crippen molar-refractivity contribution in [2.24, 2.45) is 11.8 Å². The van der Waals surface area contributed by atoms with Crippen molar-refractivity contribution < 1.29 is 27.1 Å². The zero-order chi connectivity index (χ0) is 29.0. The number of benzene rings is 2. The molecule has 0 aromatic heterocycles. The minimum Gasteiger partial charge on any atom is -0.494 e. The van der Waals surface area contributed by atoms with Crippen LogP contribution in [0.1, 0.15) is 58.6 Å². The van der Waals surface area contributed by atoms with Gasteiger partial charge < -0.3 is 14.4 Å². The normalized spacial score (nSPS) is 18.2. The summed E-state index contributed by atoms with van der Waals surface area (Å²) in [6.45, 7) is 14.4. The van der Waals surface area contributed by atoms with E-state index in [1.165, 1.54) is 9.21 Å². The average Bonchev–Trinajstić information content (AvgIpc) is 2.83. The van der Waals surface area contributed by atoms with E-state index in [1.807, 2.05) is 45.9 Å². The first-order chi connectivity index (χ1) is 18.2.